The maximum Gasteiger partial charge on any atom is 0.305 e. The summed E-state index contributed by atoms with van der Waals surface area (Å²) in [6.45, 7) is 6.21. The van der Waals surface area contributed by atoms with Crippen LogP contribution in [0.2, 0.25) is 5.02 Å². The Kier molecular flexibility index (Phi) is 6.11. The van der Waals surface area contributed by atoms with Crippen molar-refractivity contribution in [1.29, 1.82) is 0 Å². The van der Waals surface area contributed by atoms with Crippen molar-refractivity contribution in [2.24, 2.45) is 0 Å². The van der Waals surface area contributed by atoms with E-state index in [0.29, 0.717) is 10.6 Å². The zero-order valence-electron chi connectivity index (χ0n) is 14.9. The van der Waals surface area contributed by atoms with E-state index in [-0.39, 0.29) is 16.7 Å². The number of hydrogen-bond acceptors (Lipinski definition) is 3. The third-order valence-corrected chi connectivity index (χ3v) is 5.72. The van der Waals surface area contributed by atoms with Crippen molar-refractivity contribution >= 4 is 27.6 Å². The van der Waals surface area contributed by atoms with Gasteiger partial charge in [-0.3, -0.25) is 4.79 Å². The molecule has 0 aliphatic heterocycles. The summed E-state index contributed by atoms with van der Waals surface area (Å²) in [5.74, 6) is -1.09. The molecule has 26 heavy (non-hydrogen) atoms. The van der Waals surface area contributed by atoms with E-state index in [4.69, 9.17) is 11.6 Å². The summed E-state index contributed by atoms with van der Waals surface area (Å²) in [5, 5.41) is 9.60. The maximum absolute atomic E-state index is 12.6. The Morgan fingerprint density at radius 3 is 2.08 bits per heavy atom. The molecule has 0 spiro atoms. The molecule has 0 aliphatic carbocycles. The van der Waals surface area contributed by atoms with Gasteiger partial charge in [-0.05, 0) is 40.8 Å². The Labute approximate surface area is 159 Å². The van der Waals surface area contributed by atoms with Gasteiger partial charge in [0.1, 0.15) is 0 Å². The molecule has 0 fully saturated rings. The Morgan fingerprint density at radius 1 is 1.08 bits per heavy atom. The molecule has 5 nitrogen and oxygen atoms in total. The molecule has 0 saturated carbocycles. The van der Waals surface area contributed by atoms with Gasteiger partial charge in [-0.1, -0.05) is 56.6 Å². The minimum Gasteiger partial charge on any atom is -0.481 e. The van der Waals surface area contributed by atoms with E-state index in [9.17, 15) is 18.3 Å². The van der Waals surface area contributed by atoms with Crippen LogP contribution in [-0.4, -0.2) is 19.5 Å². The Hall–Kier alpha value is -1.89. The van der Waals surface area contributed by atoms with Crippen molar-refractivity contribution < 1.29 is 18.3 Å². The largest absolute Gasteiger partial charge is 0.481 e. The topological polar surface area (TPSA) is 83.5 Å². The summed E-state index contributed by atoms with van der Waals surface area (Å²) in [7, 11) is -3.88. The summed E-state index contributed by atoms with van der Waals surface area (Å²) in [6, 6.07) is 12.1. The molecule has 2 N–H and O–H groups in total. The monoisotopic (exact) mass is 395 g/mol. The number of nitrogens with one attached hydrogen (secondary N) is 1. The summed E-state index contributed by atoms with van der Waals surface area (Å²) < 4.78 is 27.7. The molecule has 0 saturated heterocycles. The molecule has 2 aromatic rings. The van der Waals surface area contributed by atoms with Gasteiger partial charge in [0.15, 0.2) is 0 Å². The van der Waals surface area contributed by atoms with Gasteiger partial charge in [0.25, 0.3) is 0 Å². The van der Waals surface area contributed by atoms with E-state index in [0.717, 1.165) is 5.56 Å². The molecule has 0 aromatic heterocycles. The minimum atomic E-state index is -3.88. The van der Waals surface area contributed by atoms with E-state index in [1.165, 1.54) is 24.3 Å². The van der Waals surface area contributed by atoms with Crippen LogP contribution in [0.3, 0.4) is 0 Å². The lowest BCUT2D eigenvalue weighted by atomic mass is 9.86. The zero-order chi connectivity index (χ0) is 19.5. The van der Waals surface area contributed by atoms with Gasteiger partial charge in [0, 0.05) is 5.02 Å². The van der Waals surface area contributed by atoms with Crippen LogP contribution in [-0.2, 0) is 20.2 Å². The SMILES string of the molecule is CC(C)(C)c1ccc([C@@H](CC(=O)O)NS(=O)(=O)c2ccc(Cl)cc2)cc1. The minimum absolute atomic E-state index is 0.0311. The zero-order valence-corrected chi connectivity index (χ0v) is 16.4. The summed E-state index contributed by atoms with van der Waals surface area (Å²) in [6.07, 6.45) is -0.359. The number of hydrogen-bond donors (Lipinski definition) is 2. The predicted octanol–water partition coefficient (Wildman–Crippen LogP) is 4.13. The number of carboxylic acid groups (broad SMARTS) is 1. The highest BCUT2D eigenvalue weighted by Gasteiger charge is 2.24. The van der Waals surface area contributed by atoms with Crippen LogP contribution in [0, 0.1) is 0 Å². The molecule has 0 heterocycles. The van der Waals surface area contributed by atoms with Gasteiger partial charge in [-0.25, -0.2) is 13.1 Å². The van der Waals surface area contributed by atoms with Crippen LogP contribution < -0.4 is 4.72 Å². The molecule has 0 aliphatic rings. The number of benzene rings is 2. The number of carboxylic acids is 1. The molecule has 0 bridgehead atoms. The second-order valence-electron chi connectivity index (χ2n) is 7.10. The number of sulfonamides is 1. The fraction of sp³-hybridized carbons (Fsp3) is 0.316. The number of carbonyl (C=O) groups is 1. The van der Waals surface area contributed by atoms with E-state index in [2.05, 4.69) is 25.5 Å². The molecular formula is C19H22ClNO4S. The van der Waals surface area contributed by atoms with E-state index >= 15 is 0 Å². The van der Waals surface area contributed by atoms with Gasteiger partial charge in [-0.15, -0.1) is 0 Å². The highest BCUT2D eigenvalue weighted by Crippen LogP contribution is 2.26. The fourth-order valence-electron chi connectivity index (χ4n) is 2.49. The molecule has 0 radical (unpaired) electrons. The first-order valence-corrected chi connectivity index (χ1v) is 9.95. The third kappa shape index (κ3) is 5.30. The third-order valence-electron chi connectivity index (χ3n) is 3.98. The first-order valence-electron chi connectivity index (χ1n) is 8.09. The van der Waals surface area contributed by atoms with Gasteiger partial charge < -0.3 is 5.11 Å². The summed E-state index contributed by atoms with van der Waals surface area (Å²) in [5.41, 5.74) is 1.62. The quantitative estimate of drug-likeness (QED) is 0.770. The van der Waals surface area contributed by atoms with Crippen LogP contribution in [0.5, 0.6) is 0 Å². The fourth-order valence-corrected chi connectivity index (χ4v) is 3.84. The van der Waals surface area contributed by atoms with E-state index in [1.807, 2.05) is 12.1 Å². The highest BCUT2D eigenvalue weighted by molar-refractivity contribution is 7.89. The number of halogens is 1. The van der Waals surface area contributed by atoms with E-state index in [1.54, 1.807) is 12.1 Å². The van der Waals surface area contributed by atoms with Gasteiger partial charge in [-0.2, -0.15) is 0 Å². The van der Waals surface area contributed by atoms with Gasteiger partial charge >= 0.3 is 5.97 Å². The molecule has 140 valence electrons. The lowest BCUT2D eigenvalue weighted by Crippen LogP contribution is -2.30. The molecule has 0 amide bonds. The summed E-state index contributed by atoms with van der Waals surface area (Å²) in [4.78, 5) is 11.3. The molecule has 1 atom stereocenters. The molecule has 7 heteroatoms. The average molecular weight is 396 g/mol. The van der Waals surface area contributed by atoms with Crippen molar-refractivity contribution in [2.45, 2.75) is 43.5 Å². The molecule has 2 rings (SSSR count). The van der Waals surface area contributed by atoms with Crippen molar-refractivity contribution in [3.8, 4) is 0 Å². The van der Waals surface area contributed by atoms with Crippen molar-refractivity contribution in [3.63, 3.8) is 0 Å². The Balaban J connectivity index is 2.32. The average Bonchev–Trinajstić information content (AvgIpc) is 2.53. The van der Waals surface area contributed by atoms with Crippen LogP contribution in [0.1, 0.15) is 44.4 Å². The lowest BCUT2D eigenvalue weighted by molar-refractivity contribution is -0.137. The summed E-state index contributed by atoms with van der Waals surface area (Å²) >= 11 is 5.79. The molecular weight excluding hydrogens is 374 g/mol. The smallest absolute Gasteiger partial charge is 0.305 e. The molecule has 2 aromatic carbocycles. The first-order chi connectivity index (χ1) is 12.0. The van der Waals surface area contributed by atoms with Crippen molar-refractivity contribution in [2.75, 3.05) is 0 Å². The Bertz CT molecular complexity index is 869. The van der Waals surface area contributed by atoms with Crippen molar-refractivity contribution in [3.05, 3.63) is 64.7 Å². The predicted molar refractivity (Wildman–Crippen MR) is 102 cm³/mol. The van der Waals surface area contributed by atoms with Gasteiger partial charge in [0.05, 0.1) is 17.4 Å². The Morgan fingerprint density at radius 2 is 1.62 bits per heavy atom. The first kappa shape index (κ1) is 20.4. The van der Waals surface area contributed by atoms with Crippen LogP contribution in [0.15, 0.2) is 53.4 Å². The second kappa shape index (κ2) is 7.78. The molecule has 0 unspecified atom stereocenters. The highest BCUT2D eigenvalue weighted by atomic mass is 35.5. The number of aliphatic carboxylic acids is 1. The van der Waals surface area contributed by atoms with Crippen molar-refractivity contribution in [1.82, 2.24) is 4.72 Å². The standard InChI is InChI=1S/C19H22ClNO4S/c1-19(2,3)14-6-4-13(5-7-14)17(12-18(22)23)21-26(24,25)16-10-8-15(20)9-11-16/h4-11,17,21H,12H2,1-3H3,(H,22,23)/t17-/m1/s1. The van der Waals surface area contributed by atoms with Crippen LogP contribution >= 0.6 is 11.6 Å². The van der Waals surface area contributed by atoms with Gasteiger partial charge in [0.2, 0.25) is 10.0 Å². The van der Waals surface area contributed by atoms with Crippen LogP contribution in [0.4, 0.5) is 0 Å². The normalized spacial score (nSPS) is 13.4. The van der Waals surface area contributed by atoms with Crippen LogP contribution in [0.25, 0.3) is 0 Å². The lowest BCUT2D eigenvalue weighted by Gasteiger charge is -2.22. The number of rotatable bonds is 6. The second-order valence-corrected chi connectivity index (χ2v) is 9.25. The van der Waals surface area contributed by atoms with E-state index < -0.39 is 22.0 Å². The maximum atomic E-state index is 12.6.